The van der Waals surface area contributed by atoms with Crippen molar-refractivity contribution in [2.75, 3.05) is 41.8 Å². The molecule has 0 spiro atoms. The van der Waals surface area contributed by atoms with Crippen molar-refractivity contribution < 1.29 is 13.9 Å². The zero-order valence-electron chi connectivity index (χ0n) is 23.4. The normalized spacial score (nSPS) is 13.1. The van der Waals surface area contributed by atoms with Crippen LogP contribution in [0, 0.1) is 24.6 Å². The molecular formula is C32H30FN7O2. The van der Waals surface area contributed by atoms with Crippen LogP contribution >= 0.6 is 0 Å². The zero-order chi connectivity index (χ0) is 29.1. The first-order valence-corrected chi connectivity index (χ1v) is 13.8. The highest BCUT2D eigenvalue weighted by Gasteiger charge is 2.16. The molecule has 1 aliphatic heterocycles. The van der Waals surface area contributed by atoms with Gasteiger partial charge in [0.25, 0.3) is 5.91 Å². The van der Waals surface area contributed by atoms with Crippen molar-refractivity contribution in [1.82, 2.24) is 19.2 Å². The van der Waals surface area contributed by atoms with Gasteiger partial charge < -0.3 is 20.3 Å². The van der Waals surface area contributed by atoms with E-state index in [0.29, 0.717) is 54.5 Å². The number of benzene rings is 2. The van der Waals surface area contributed by atoms with E-state index in [2.05, 4.69) is 32.6 Å². The third kappa shape index (κ3) is 5.68. The molecule has 10 heteroatoms. The third-order valence-corrected chi connectivity index (χ3v) is 7.15. The molecular weight excluding hydrogens is 533 g/mol. The summed E-state index contributed by atoms with van der Waals surface area (Å²) in [4.78, 5) is 19.6. The zero-order valence-corrected chi connectivity index (χ0v) is 23.4. The maximum absolute atomic E-state index is 14.8. The number of rotatable bonds is 6. The summed E-state index contributed by atoms with van der Waals surface area (Å²) in [5.74, 6) is 5.68. The van der Waals surface area contributed by atoms with E-state index in [1.165, 1.54) is 6.07 Å². The van der Waals surface area contributed by atoms with E-state index < -0.39 is 0 Å². The first-order chi connectivity index (χ1) is 20.5. The fourth-order valence-electron chi connectivity index (χ4n) is 4.84. The second kappa shape index (κ2) is 11.8. The van der Waals surface area contributed by atoms with Gasteiger partial charge in [-0.15, -0.1) is 0 Å². The van der Waals surface area contributed by atoms with Crippen LogP contribution in [0.1, 0.15) is 34.1 Å². The molecule has 4 heterocycles. The Bertz CT molecular complexity index is 1830. The average Bonchev–Trinajstić information content (AvgIpc) is 3.64. The molecule has 212 valence electrons. The van der Waals surface area contributed by atoms with Crippen LogP contribution in [0.25, 0.3) is 5.65 Å². The summed E-state index contributed by atoms with van der Waals surface area (Å²) in [6.07, 6.45) is 7.35. The van der Waals surface area contributed by atoms with Gasteiger partial charge in [0.1, 0.15) is 11.5 Å². The predicted octanol–water partition coefficient (Wildman–Crippen LogP) is 5.23. The fraction of sp³-hybridized carbons (Fsp3) is 0.219. The van der Waals surface area contributed by atoms with Crippen LogP contribution < -0.4 is 15.5 Å². The summed E-state index contributed by atoms with van der Waals surface area (Å²) >= 11 is 0. The summed E-state index contributed by atoms with van der Waals surface area (Å²) in [5.41, 5.74) is 6.14. The second-order valence-corrected chi connectivity index (χ2v) is 9.97. The van der Waals surface area contributed by atoms with E-state index in [9.17, 15) is 9.18 Å². The van der Waals surface area contributed by atoms with E-state index in [1.807, 2.05) is 58.4 Å². The topological polar surface area (TPSA) is 88.7 Å². The average molecular weight is 564 g/mol. The molecule has 3 aromatic heterocycles. The largest absolute Gasteiger partial charge is 0.378 e. The number of hydrogen-bond donors (Lipinski definition) is 2. The minimum Gasteiger partial charge on any atom is -0.378 e. The summed E-state index contributed by atoms with van der Waals surface area (Å²) in [5, 5.41) is 10.5. The lowest BCUT2D eigenvalue weighted by molar-refractivity contribution is 0.102. The van der Waals surface area contributed by atoms with E-state index in [4.69, 9.17) is 4.74 Å². The van der Waals surface area contributed by atoms with Gasteiger partial charge in [0.2, 0.25) is 0 Å². The van der Waals surface area contributed by atoms with E-state index in [-0.39, 0.29) is 11.7 Å². The Morgan fingerprint density at radius 2 is 1.93 bits per heavy atom. The van der Waals surface area contributed by atoms with Crippen LogP contribution in [-0.4, -0.2) is 51.4 Å². The number of hydrogen-bond acceptors (Lipinski definition) is 6. The number of aryl methyl sites for hydroxylation is 2. The first kappa shape index (κ1) is 27.1. The Morgan fingerprint density at radius 1 is 1.07 bits per heavy atom. The Balaban J connectivity index is 1.19. The number of nitrogens with zero attached hydrogens (tertiary/aromatic N) is 5. The molecule has 42 heavy (non-hydrogen) atoms. The van der Waals surface area contributed by atoms with Crippen molar-refractivity contribution in [2.24, 2.45) is 0 Å². The SMILES string of the molecule is CCn1cc(Nc2cccn3c(C#Cc4cc(C(=O)Nc5ccc(N6CCOCC6)c(F)c5)ccc4C)cnc23)cn1. The fourth-order valence-corrected chi connectivity index (χ4v) is 4.84. The van der Waals surface area contributed by atoms with Crippen LogP contribution in [0.4, 0.5) is 27.1 Å². The van der Waals surface area contributed by atoms with E-state index in [1.54, 1.807) is 36.7 Å². The number of anilines is 4. The number of imidazole rings is 1. The smallest absolute Gasteiger partial charge is 0.255 e. The van der Waals surface area contributed by atoms with Crippen LogP contribution in [-0.2, 0) is 11.3 Å². The van der Waals surface area contributed by atoms with Gasteiger partial charge in [0.05, 0.1) is 42.7 Å². The number of morpholine rings is 1. The molecule has 6 rings (SSSR count). The molecule has 0 bridgehead atoms. The van der Waals surface area contributed by atoms with Gasteiger partial charge in [0, 0.05) is 48.8 Å². The molecule has 5 aromatic rings. The Hall–Kier alpha value is -5.14. The molecule has 0 atom stereocenters. The minimum atomic E-state index is -0.382. The number of pyridine rings is 1. The number of carbonyl (C=O) groups excluding carboxylic acids is 1. The predicted molar refractivity (Wildman–Crippen MR) is 161 cm³/mol. The van der Waals surface area contributed by atoms with Crippen LogP contribution in [0.3, 0.4) is 0 Å². The first-order valence-electron chi connectivity index (χ1n) is 13.8. The van der Waals surface area contributed by atoms with Gasteiger partial charge in [-0.3, -0.25) is 13.9 Å². The van der Waals surface area contributed by atoms with E-state index in [0.717, 1.165) is 29.1 Å². The Kier molecular flexibility index (Phi) is 7.58. The Labute approximate surface area is 242 Å². The lowest BCUT2D eigenvalue weighted by Crippen LogP contribution is -2.36. The molecule has 0 aliphatic carbocycles. The van der Waals surface area contributed by atoms with Gasteiger partial charge in [-0.1, -0.05) is 12.0 Å². The molecule has 1 saturated heterocycles. The number of fused-ring (bicyclic) bond motifs is 1. The summed E-state index contributed by atoms with van der Waals surface area (Å²) < 4.78 is 24.0. The number of nitrogens with one attached hydrogen (secondary N) is 2. The minimum absolute atomic E-state index is 0.339. The molecule has 1 aliphatic rings. The van der Waals surface area contributed by atoms with E-state index >= 15 is 0 Å². The van der Waals surface area contributed by atoms with Gasteiger partial charge in [0.15, 0.2) is 5.65 Å². The van der Waals surface area contributed by atoms with Crippen molar-refractivity contribution in [3.8, 4) is 11.8 Å². The third-order valence-electron chi connectivity index (χ3n) is 7.15. The number of halogens is 1. The quantitative estimate of drug-likeness (QED) is 0.275. The number of ether oxygens (including phenoxy) is 1. The molecule has 2 N–H and O–H groups in total. The number of carbonyl (C=O) groups is 1. The summed E-state index contributed by atoms with van der Waals surface area (Å²) in [7, 11) is 0. The maximum Gasteiger partial charge on any atom is 0.255 e. The molecule has 0 radical (unpaired) electrons. The molecule has 2 aromatic carbocycles. The van der Waals surface area contributed by atoms with Crippen LogP contribution in [0.15, 0.2) is 73.3 Å². The number of aromatic nitrogens is 4. The highest BCUT2D eigenvalue weighted by atomic mass is 19.1. The monoisotopic (exact) mass is 563 g/mol. The van der Waals surface area contributed by atoms with Crippen molar-refractivity contribution >= 4 is 34.3 Å². The lowest BCUT2D eigenvalue weighted by Gasteiger charge is -2.29. The lowest BCUT2D eigenvalue weighted by atomic mass is 10.0. The highest BCUT2D eigenvalue weighted by Crippen LogP contribution is 2.25. The van der Waals surface area contributed by atoms with Crippen molar-refractivity contribution in [2.45, 2.75) is 20.4 Å². The van der Waals surface area contributed by atoms with Crippen LogP contribution in [0.5, 0.6) is 0 Å². The molecule has 0 unspecified atom stereocenters. The molecule has 0 saturated carbocycles. The molecule has 9 nitrogen and oxygen atoms in total. The van der Waals surface area contributed by atoms with Crippen molar-refractivity contribution in [3.63, 3.8) is 0 Å². The standard InChI is InChI=1S/C32H30FN7O2/c1-3-39-21-26(19-35-39)36-29-5-4-12-40-27(20-34-31(29)40)10-8-23-17-24(7-6-22(23)2)32(41)37-25-9-11-30(28(33)18-25)38-13-15-42-16-14-38/h4-7,9,11-12,17-21,36H,3,13-16H2,1-2H3,(H,37,41). The van der Waals surface area contributed by atoms with Crippen LogP contribution in [0.2, 0.25) is 0 Å². The van der Waals surface area contributed by atoms with Crippen molar-refractivity contribution in [1.29, 1.82) is 0 Å². The Morgan fingerprint density at radius 3 is 2.71 bits per heavy atom. The second-order valence-electron chi connectivity index (χ2n) is 9.97. The summed E-state index contributed by atoms with van der Waals surface area (Å²) in [6.45, 7) is 7.17. The summed E-state index contributed by atoms with van der Waals surface area (Å²) in [6, 6.07) is 14.0. The molecule has 1 fully saturated rings. The van der Waals surface area contributed by atoms with Gasteiger partial charge in [-0.2, -0.15) is 5.10 Å². The molecule has 1 amide bonds. The van der Waals surface area contributed by atoms with Gasteiger partial charge in [-0.05, 0) is 67.8 Å². The van der Waals surface area contributed by atoms with Gasteiger partial charge >= 0.3 is 0 Å². The number of amides is 1. The van der Waals surface area contributed by atoms with Gasteiger partial charge in [-0.25, -0.2) is 9.37 Å². The van der Waals surface area contributed by atoms with Crippen molar-refractivity contribution in [3.05, 3.63) is 102 Å². The maximum atomic E-state index is 14.8. The highest BCUT2D eigenvalue weighted by molar-refractivity contribution is 6.04.